The van der Waals surface area contributed by atoms with Crippen molar-refractivity contribution in [3.63, 3.8) is 0 Å². The Morgan fingerprint density at radius 1 is 0.968 bits per heavy atom. The Balaban J connectivity index is 1.67. The van der Waals surface area contributed by atoms with Crippen molar-refractivity contribution >= 4 is 22.4 Å². The maximum Gasteiger partial charge on any atom is 0.168 e. The number of nitrogens with one attached hydrogen (secondary N) is 1. The average molecular weight is 429 g/mol. The highest BCUT2D eigenvalue weighted by atomic mass is 19.1. The van der Waals surface area contributed by atoms with Gasteiger partial charge in [-0.25, -0.2) is 14.4 Å². The summed E-state index contributed by atoms with van der Waals surface area (Å²) in [5.74, 6) is 1.27. The molecule has 0 atom stereocenters. The van der Waals surface area contributed by atoms with Crippen molar-refractivity contribution in [3.8, 4) is 17.0 Å². The van der Waals surface area contributed by atoms with Gasteiger partial charge in [-0.05, 0) is 30.3 Å². The molecule has 2 heterocycles. The first-order chi connectivity index (χ1) is 15.1. The summed E-state index contributed by atoms with van der Waals surface area (Å²) < 4.78 is 28.3. The largest absolute Gasteiger partial charge is 0.487 e. The van der Waals surface area contributed by atoms with Crippen LogP contribution in [0.3, 0.4) is 0 Å². The van der Waals surface area contributed by atoms with E-state index in [4.69, 9.17) is 19.2 Å². The molecule has 0 fully saturated rings. The summed E-state index contributed by atoms with van der Waals surface area (Å²) in [5, 5.41) is 4.12. The van der Waals surface area contributed by atoms with Gasteiger partial charge in [0.15, 0.2) is 11.6 Å². The molecule has 2 aromatic heterocycles. The van der Waals surface area contributed by atoms with Crippen molar-refractivity contribution in [2.75, 3.05) is 71.1 Å². The number of pyridine rings is 2. The first-order valence-electron chi connectivity index (χ1n) is 10.2. The fourth-order valence-corrected chi connectivity index (χ4v) is 3.02. The number of benzene rings is 1. The summed E-state index contributed by atoms with van der Waals surface area (Å²) in [5.41, 5.74) is 3.75. The maximum atomic E-state index is 12.0. The third-order valence-corrected chi connectivity index (χ3v) is 4.65. The Labute approximate surface area is 182 Å². The van der Waals surface area contributed by atoms with Crippen LogP contribution in [0.1, 0.15) is 0 Å². The zero-order valence-electron chi connectivity index (χ0n) is 18.2. The second-order valence-corrected chi connectivity index (χ2v) is 7.05. The Morgan fingerprint density at radius 2 is 1.74 bits per heavy atom. The number of nitrogens with zero attached hydrogens (tertiary/aromatic N) is 3. The fraction of sp³-hybridized carbons (Fsp3) is 0.391. The molecule has 3 rings (SSSR count). The Morgan fingerprint density at radius 3 is 2.48 bits per heavy atom. The molecule has 0 radical (unpaired) electrons. The minimum atomic E-state index is -0.484. The van der Waals surface area contributed by atoms with E-state index in [0.717, 1.165) is 27.8 Å². The monoisotopic (exact) mass is 428 g/mol. The number of ether oxygens (including phenoxy) is 3. The first kappa shape index (κ1) is 22.7. The number of hydrogen-bond donors (Lipinski definition) is 1. The van der Waals surface area contributed by atoms with E-state index in [2.05, 4.69) is 33.4 Å². The molecule has 0 saturated heterocycles. The van der Waals surface area contributed by atoms with Crippen LogP contribution in [-0.4, -0.2) is 70.8 Å². The molecule has 166 valence electrons. The van der Waals surface area contributed by atoms with Crippen molar-refractivity contribution in [1.29, 1.82) is 0 Å². The molecule has 8 heteroatoms. The molecule has 0 spiro atoms. The highest BCUT2D eigenvalue weighted by molar-refractivity contribution is 5.85. The lowest BCUT2D eigenvalue weighted by atomic mass is 10.1. The molecule has 1 aromatic carbocycles. The topological polar surface area (TPSA) is 68.7 Å². The molecule has 1 N–H and O–H groups in total. The summed E-state index contributed by atoms with van der Waals surface area (Å²) in [6, 6.07) is 12.2. The van der Waals surface area contributed by atoms with E-state index in [1.807, 2.05) is 32.3 Å². The number of fused-ring (bicyclic) bond motifs is 1. The molecule has 0 aliphatic rings. The Hall–Kier alpha value is -2.97. The number of halogens is 1. The second kappa shape index (κ2) is 11.4. The highest BCUT2D eigenvalue weighted by Crippen LogP contribution is 2.29. The van der Waals surface area contributed by atoms with Crippen molar-refractivity contribution < 1.29 is 18.6 Å². The van der Waals surface area contributed by atoms with Gasteiger partial charge in [0.05, 0.1) is 37.6 Å². The predicted octanol–water partition coefficient (Wildman–Crippen LogP) is 3.79. The molecule has 0 unspecified atom stereocenters. The van der Waals surface area contributed by atoms with Gasteiger partial charge >= 0.3 is 0 Å². The van der Waals surface area contributed by atoms with Gasteiger partial charge < -0.3 is 24.4 Å². The van der Waals surface area contributed by atoms with Gasteiger partial charge in [0.25, 0.3) is 0 Å². The molecular weight excluding hydrogens is 399 g/mol. The van der Waals surface area contributed by atoms with Crippen LogP contribution in [0.5, 0.6) is 5.75 Å². The Bertz CT molecular complexity index is 984. The number of hydrogen-bond acceptors (Lipinski definition) is 7. The molecule has 0 saturated carbocycles. The number of anilines is 2. The Kier molecular flexibility index (Phi) is 8.37. The van der Waals surface area contributed by atoms with E-state index in [-0.39, 0.29) is 6.61 Å². The number of aromatic nitrogens is 2. The van der Waals surface area contributed by atoms with E-state index in [0.29, 0.717) is 38.0 Å². The minimum Gasteiger partial charge on any atom is -0.487 e. The molecule has 31 heavy (non-hydrogen) atoms. The molecule has 7 nitrogen and oxygen atoms in total. The van der Waals surface area contributed by atoms with E-state index in [1.165, 1.54) is 0 Å². The third kappa shape index (κ3) is 6.26. The minimum absolute atomic E-state index is 0.101. The zero-order valence-corrected chi connectivity index (χ0v) is 18.2. The van der Waals surface area contributed by atoms with Gasteiger partial charge in [0.2, 0.25) is 0 Å². The van der Waals surface area contributed by atoms with Gasteiger partial charge in [0.1, 0.15) is 13.3 Å². The average Bonchev–Trinajstić information content (AvgIpc) is 2.80. The normalized spacial score (nSPS) is 11.0. The lowest BCUT2D eigenvalue weighted by molar-refractivity contribution is 0.0325. The van der Waals surface area contributed by atoms with Gasteiger partial charge in [-0.2, -0.15) is 0 Å². The lowest BCUT2D eigenvalue weighted by Gasteiger charge is -2.14. The third-order valence-electron chi connectivity index (χ3n) is 4.65. The summed E-state index contributed by atoms with van der Waals surface area (Å²) in [6.07, 6.45) is 1.78. The maximum absolute atomic E-state index is 12.0. The molecule has 0 aliphatic carbocycles. The van der Waals surface area contributed by atoms with Crippen LogP contribution in [-0.2, 0) is 9.47 Å². The van der Waals surface area contributed by atoms with E-state index in [1.54, 1.807) is 13.2 Å². The van der Waals surface area contributed by atoms with Crippen LogP contribution < -0.4 is 15.0 Å². The first-order valence-corrected chi connectivity index (χ1v) is 10.2. The zero-order chi connectivity index (χ0) is 22.1. The van der Waals surface area contributed by atoms with Crippen molar-refractivity contribution in [1.82, 2.24) is 9.97 Å². The predicted molar refractivity (Wildman–Crippen MR) is 122 cm³/mol. The molecule has 0 amide bonds. The fourth-order valence-electron chi connectivity index (χ4n) is 3.02. The summed E-state index contributed by atoms with van der Waals surface area (Å²) in [4.78, 5) is 11.3. The summed E-state index contributed by atoms with van der Waals surface area (Å²) in [7, 11) is 5.83. The quantitative estimate of drug-likeness (QED) is 0.440. The van der Waals surface area contributed by atoms with Crippen LogP contribution >= 0.6 is 0 Å². The van der Waals surface area contributed by atoms with Crippen molar-refractivity contribution in [2.45, 2.75) is 0 Å². The number of rotatable bonds is 12. The molecular formula is C23H29FN4O3. The lowest BCUT2D eigenvalue weighted by Crippen LogP contribution is -2.12. The second-order valence-electron chi connectivity index (χ2n) is 7.05. The van der Waals surface area contributed by atoms with Gasteiger partial charge in [-0.15, -0.1) is 0 Å². The van der Waals surface area contributed by atoms with Crippen molar-refractivity contribution in [2.24, 2.45) is 0 Å². The van der Waals surface area contributed by atoms with Gasteiger partial charge in [-0.3, -0.25) is 0 Å². The summed E-state index contributed by atoms with van der Waals surface area (Å²) >= 11 is 0. The standard InChI is InChI=1S/C23H29FN4O3/c1-25-23-22(31-13-12-30-11-10-29-9-8-24)15-18(16-26-23)21-6-4-17-14-19(28(2)3)5-7-20(17)27-21/h4-7,14-16H,8-13H2,1-3H3,(H,25,26). The van der Waals surface area contributed by atoms with Crippen molar-refractivity contribution in [3.05, 3.63) is 42.6 Å². The molecule has 0 aliphatic heterocycles. The number of alkyl halides is 1. The highest BCUT2D eigenvalue weighted by Gasteiger charge is 2.10. The van der Waals surface area contributed by atoms with Crippen LogP contribution in [0.15, 0.2) is 42.6 Å². The van der Waals surface area contributed by atoms with E-state index in [9.17, 15) is 4.39 Å². The van der Waals surface area contributed by atoms with Crippen LogP contribution in [0, 0.1) is 0 Å². The summed E-state index contributed by atoms with van der Waals surface area (Å²) in [6.45, 7) is 1.14. The molecule has 3 aromatic rings. The van der Waals surface area contributed by atoms with E-state index < -0.39 is 6.67 Å². The van der Waals surface area contributed by atoms with Crippen LogP contribution in [0.4, 0.5) is 15.9 Å². The smallest absolute Gasteiger partial charge is 0.168 e. The van der Waals surface area contributed by atoms with E-state index >= 15 is 0 Å². The van der Waals surface area contributed by atoms with Crippen LogP contribution in [0.2, 0.25) is 0 Å². The van der Waals surface area contributed by atoms with Gasteiger partial charge in [-0.1, -0.05) is 6.07 Å². The van der Waals surface area contributed by atoms with Gasteiger partial charge in [0, 0.05) is 44.0 Å². The van der Waals surface area contributed by atoms with Crippen LogP contribution in [0.25, 0.3) is 22.2 Å². The SMILES string of the molecule is CNc1ncc(-c2ccc3cc(N(C)C)ccc3n2)cc1OCCOCCOCCF. The molecule has 0 bridgehead atoms.